The van der Waals surface area contributed by atoms with Crippen molar-refractivity contribution in [2.75, 3.05) is 49.2 Å². The van der Waals surface area contributed by atoms with E-state index < -0.39 is 81.5 Å². The summed E-state index contributed by atoms with van der Waals surface area (Å²) in [5.74, 6) is 2.84. The zero-order chi connectivity index (χ0) is 105. The van der Waals surface area contributed by atoms with Crippen LogP contribution in [0, 0.1) is 37.3 Å². The molecule has 4 aliphatic heterocycles. The molecule has 0 spiro atoms. The summed E-state index contributed by atoms with van der Waals surface area (Å²) in [4.78, 5) is 109. The number of ether oxygens (including phenoxy) is 9. The SMILES string of the molecule is CC[C@H]1O[C@@H](n2cnc3c(NC(=O)OC(C)(C)C)ncnc32)C[C@H]1O[Si](C)(C)C(C)(C)C.CC[C@H]1O[C@@H](n2cnc3c(NC(=O)OC(C)(C)C)ncnc32)C[C@H]1O[Si](C)(C)C(C)(C)C.CC[C@H]1O[C@@H](n2cnc3c(NCc4ccc(OC)cc4[N+](=O)[O-])ncnc32)C[C@H]1O[Si](C)(C)C(C)(C)C.COc1ccc(C)c([N+](=O)[O-])c1.COc1ccc(CNc2ncnc3c2ncn3[C@H]2C[C@@H](O)[C@@H](CO)O2)c([N+](=O)[O-])c1. The van der Waals surface area contributed by atoms with E-state index in [-0.39, 0.29) is 107 Å². The summed E-state index contributed by atoms with van der Waals surface area (Å²) >= 11 is 0. The Hall–Kier alpha value is -12.1. The van der Waals surface area contributed by atoms with Gasteiger partial charge in [-0.3, -0.25) is 59.2 Å². The Morgan fingerprint density at radius 3 is 0.972 bits per heavy atom. The standard InChI is InChI=1S/C25H36N6O5Si.2C22H37N5O4Si.C18H20N6O6.C8H9NO3/c1-8-19-20(36-37(6,7)25(2,3)4)12-21(35-19)30-15-29-22-23(27-14-28-24(22)30)26-13-16-9-10-17(34-5)11-18(16)31(32)33;2*1-10-14-15(31-32(8,9)22(5,6)7)11-16(29-14)27-13-25-17-18(23-12-24-19(17)27)26-20(28)30-21(2,3)4;1-29-11-3-2-10(12(4-11)24(27)28)6-19-17-16-18(21-8-20-17)23(9-22-16)15-5-13(26)14(7-25)30-15;1-6-3-4-7(12-2)5-8(6)9(10)11/h9-11,14-15,19-21H,8,12-13H2,1-7H3,(H,26,27,28);2*12-16H,10-11H2,1-9H3,(H,23,24,26,28);2-4,8-9,13-15,25-26H,5-7H2,1H3,(H,19,20,21);3-5H,1-2H3/t19-,20-,21-;2*14-,15-,16-;13-,14-,15-;/m1111./s1. The topological polar surface area (TPSA) is 537 Å². The van der Waals surface area contributed by atoms with Crippen LogP contribution in [0.5, 0.6) is 17.2 Å². The number of rotatable bonds is 28. The second kappa shape index (κ2) is 45.9. The van der Waals surface area contributed by atoms with Crippen molar-refractivity contribution >= 4 is 122 Å². The molecule has 0 radical (unpaired) electrons. The number of benzene rings is 3. The van der Waals surface area contributed by atoms with Crippen molar-refractivity contribution in [3.8, 4) is 17.2 Å². The lowest BCUT2D eigenvalue weighted by molar-refractivity contribution is -0.385. The van der Waals surface area contributed by atoms with Crippen molar-refractivity contribution in [2.24, 2.45) is 0 Å². The summed E-state index contributed by atoms with van der Waals surface area (Å²) in [6.07, 6.45) is 13.4. The number of nitrogens with one attached hydrogen (secondary N) is 4. The number of aromatic nitrogens is 16. The highest BCUT2D eigenvalue weighted by Crippen LogP contribution is 2.47. The maximum atomic E-state index is 12.2. The van der Waals surface area contributed by atoms with E-state index >= 15 is 0 Å². The first-order chi connectivity index (χ1) is 67.0. The Morgan fingerprint density at radius 2 is 0.699 bits per heavy atom. The minimum atomic E-state index is -1.96. The number of carbonyl (C=O) groups excluding carboxylic acids is 2. The van der Waals surface area contributed by atoms with Gasteiger partial charge in [0.05, 0.1) is 129 Å². The van der Waals surface area contributed by atoms with E-state index in [1.807, 2.05) is 13.7 Å². The maximum Gasteiger partial charge on any atom is 0.413 e. The Kier molecular flexibility index (Phi) is 35.7. The van der Waals surface area contributed by atoms with Gasteiger partial charge in [0.1, 0.15) is 84.8 Å². The lowest BCUT2D eigenvalue weighted by Gasteiger charge is -2.39. The molecular weight excluding hydrogens is 1900 g/mol. The normalized spacial score (nSPS) is 20.5. The summed E-state index contributed by atoms with van der Waals surface area (Å²) in [7, 11) is -1.43. The number of aliphatic hydroxyl groups excluding tert-OH is 2. The van der Waals surface area contributed by atoms with E-state index in [0.717, 1.165) is 32.1 Å². The molecule has 0 aliphatic carbocycles. The Bertz CT molecular complexity index is 6090. The first-order valence-corrected chi connectivity index (χ1v) is 56.3. The van der Waals surface area contributed by atoms with Gasteiger partial charge in [-0.15, -0.1) is 0 Å². The maximum absolute atomic E-state index is 12.2. The number of anilines is 4. The summed E-state index contributed by atoms with van der Waals surface area (Å²) < 4.78 is 78.0. The van der Waals surface area contributed by atoms with Gasteiger partial charge in [-0.1, -0.05) is 83.1 Å². The zero-order valence-corrected chi connectivity index (χ0v) is 89.9. The van der Waals surface area contributed by atoms with Gasteiger partial charge in [-0.2, -0.15) is 0 Å². The molecule has 45 nitrogen and oxygen atoms in total. The number of fused-ring (bicyclic) bond motifs is 4. The largest absolute Gasteiger partial charge is 0.497 e. The van der Waals surface area contributed by atoms with E-state index in [9.17, 15) is 50.1 Å². The van der Waals surface area contributed by atoms with Crippen molar-refractivity contribution in [2.45, 2.75) is 329 Å². The Balaban J connectivity index is 0.000000175. The molecule has 0 bridgehead atoms. The lowest BCUT2D eigenvalue weighted by Crippen LogP contribution is -2.45. The number of aliphatic hydroxyl groups is 2. The first kappa shape index (κ1) is 111. The molecule has 0 unspecified atom stereocenters. The molecule has 2 amide bonds. The third-order valence-electron chi connectivity index (χ3n) is 26.3. The van der Waals surface area contributed by atoms with Gasteiger partial charge in [0.25, 0.3) is 17.1 Å². The van der Waals surface area contributed by atoms with Gasteiger partial charge in [-0.25, -0.2) is 69.4 Å². The summed E-state index contributed by atoms with van der Waals surface area (Å²) in [5.41, 5.74) is 4.70. The van der Waals surface area contributed by atoms with Crippen LogP contribution in [0.15, 0.2) is 105 Å². The highest BCUT2D eigenvalue weighted by molar-refractivity contribution is 6.75. The van der Waals surface area contributed by atoms with Gasteiger partial charge in [0.2, 0.25) is 0 Å². The van der Waals surface area contributed by atoms with E-state index in [1.54, 1.807) is 108 Å². The van der Waals surface area contributed by atoms with E-state index in [2.05, 4.69) is 203 Å². The molecule has 15 rings (SSSR count). The molecule has 6 N–H and O–H groups in total. The van der Waals surface area contributed by atoms with E-state index in [1.165, 1.54) is 71.2 Å². The molecule has 4 fully saturated rings. The molecule has 143 heavy (non-hydrogen) atoms. The summed E-state index contributed by atoms with van der Waals surface area (Å²) in [6.45, 7) is 52.7. The fourth-order valence-electron chi connectivity index (χ4n) is 15.5. The highest BCUT2D eigenvalue weighted by atomic mass is 28.4. The molecule has 48 heteroatoms. The Morgan fingerprint density at radius 1 is 0.420 bits per heavy atom. The number of hydrogen-bond acceptors (Lipinski definition) is 36. The van der Waals surface area contributed by atoms with Crippen molar-refractivity contribution < 1.29 is 90.5 Å². The van der Waals surface area contributed by atoms with E-state index in [4.69, 9.17) is 55.9 Å². The molecule has 0 saturated carbocycles. The molecule has 8 aromatic heterocycles. The van der Waals surface area contributed by atoms with Crippen LogP contribution in [-0.2, 0) is 54.8 Å². The van der Waals surface area contributed by atoms with Gasteiger partial charge in [-0.05, 0) is 159 Å². The number of nitro groups is 3. The minimum Gasteiger partial charge on any atom is -0.497 e. The number of nitro benzene ring substituents is 3. The van der Waals surface area contributed by atoms with Crippen LogP contribution in [0.4, 0.5) is 49.9 Å². The molecule has 12 heterocycles. The second-order valence-corrected chi connectivity index (χ2v) is 56.0. The number of methoxy groups -OCH3 is 3. The van der Waals surface area contributed by atoms with Crippen molar-refractivity contribution in [3.63, 3.8) is 0 Å². The summed E-state index contributed by atoms with van der Waals surface area (Å²) in [6, 6.07) is 14.2. The van der Waals surface area contributed by atoms with Gasteiger partial charge < -0.3 is 76.8 Å². The van der Waals surface area contributed by atoms with Gasteiger partial charge in [0, 0.05) is 55.5 Å². The van der Waals surface area contributed by atoms with E-state index in [0.29, 0.717) is 115 Å². The third-order valence-corrected chi connectivity index (χ3v) is 39.8. The second-order valence-electron chi connectivity index (χ2n) is 41.7. The monoisotopic (exact) mass is 2040 g/mol. The highest BCUT2D eigenvalue weighted by Gasteiger charge is 2.49. The molecular formula is C95H139N23O22Si3. The quantitative estimate of drug-likeness (QED) is 0.0151. The molecule has 11 aromatic rings. The van der Waals surface area contributed by atoms with Crippen LogP contribution in [0.3, 0.4) is 0 Å². The number of amides is 2. The average molecular weight is 2040 g/mol. The van der Waals surface area contributed by atoms with Gasteiger partial charge in [0.15, 0.2) is 92.9 Å². The van der Waals surface area contributed by atoms with Crippen LogP contribution in [0.25, 0.3) is 44.7 Å². The van der Waals surface area contributed by atoms with Crippen LogP contribution in [-0.4, -0.2) is 228 Å². The van der Waals surface area contributed by atoms with Crippen LogP contribution in [0.1, 0.15) is 211 Å². The van der Waals surface area contributed by atoms with Crippen molar-refractivity contribution in [1.82, 2.24) is 78.1 Å². The Labute approximate surface area is 834 Å². The third kappa shape index (κ3) is 27.3. The fourth-order valence-corrected chi connectivity index (χ4v) is 19.6. The van der Waals surface area contributed by atoms with Crippen molar-refractivity contribution in [1.29, 1.82) is 0 Å². The predicted octanol–water partition coefficient (Wildman–Crippen LogP) is 18.9. The number of aryl methyl sites for hydroxylation is 1. The number of carbonyl (C=O) groups is 2. The zero-order valence-electron chi connectivity index (χ0n) is 86.9. The summed E-state index contributed by atoms with van der Waals surface area (Å²) in [5, 5.41) is 64.6. The average Bonchev–Trinajstić information content (AvgIpc) is 1.65. The van der Waals surface area contributed by atoms with Crippen LogP contribution >= 0.6 is 0 Å². The predicted molar refractivity (Wildman–Crippen MR) is 544 cm³/mol. The molecule has 4 aliphatic rings. The smallest absolute Gasteiger partial charge is 0.413 e. The number of imidazole rings is 4. The minimum absolute atomic E-state index is 0.00314. The van der Waals surface area contributed by atoms with Crippen LogP contribution in [0.2, 0.25) is 54.4 Å². The lowest BCUT2D eigenvalue weighted by atomic mass is 10.1. The molecule has 3 aromatic carbocycles. The van der Waals surface area contributed by atoms with Gasteiger partial charge >= 0.3 is 12.2 Å². The number of nitrogens with zero attached hydrogens (tertiary/aromatic N) is 19. The first-order valence-electron chi connectivity index (χ1n) is 47.6. The molecule has 12 atom stereocenters. The molecule has 778 valence electrons. The number of hydrogen-bond donors (Lipinski definition) is 6. The molecule has 4 saturated heterocycles. The van der Waals surface area contributed by atoms with Crippen molar-refractivity contribution in [3.05, 3.63) is 152 Å². The van der Waals surface area contributed by atoms with Crippen LogP contribution < -0.4 is 35.5 Å². The fraction of sp³-hybridized carbons (Fsp3) is 0.579.